The van der Waals surface area contributed by atoms with Crippen molar-refractivity contribution in [3.8, 4) is 0 Å². The number of anilines is 1. The van der Waals surface area contributed by atoms with Crippen molar-refractivity contribution in [2.24, 2.45) is 10.9 Å². The number of guanidine groups is 1. The number of aliphatic imine (C=N–C) groups is 1. The number of para-hydroxylation sites is 1. The fraction of sp³-hybridized carbons (Fsp3) is 0.550. The Morgan fingerprint density at radius 3 is 2.63 bits per heavy atom. The average Bonchev–Trinajstić information content (AvgIpc) is 3.13. The molecule has 2 aliphatic heterocycles. The maximum absolute atomic E-state index is 12.7. The fourth-order valence-electron chi connectivity index (χ4n) is 3.89. The van der Waals surface area contributed by atoms with Crippen LogP contribution < -0.4 is 15.5 Å². The second-order valence-electron chi connectivity index (χ2n) is 7.13. The van der Waals surface area contributed by atoms with Gasteiger partial charge in [0.25, 0.3) is 0 Å². The molecule has 2 amide bonds. The Bertz CT molecular complexity index is 710. The van der Waals surface area contributed by atoms with Gasteiger partial charge < -0.3 is 20.4 Å². The van der Waals surface area contributed by atoms with Crippen LogP contribution in [0.4, 0.5) is 5.69 Å². The van der Waals surface area contributed by atoms with Crippen LogP contribution in [0.3, 0.4) is 0 Å². The minimum atomic E-state index is 0.0654. The lowest BCUT2D eigenvalue weighted by Crippen LogP contribution is -2.49. The van der Waals surface area contributed by atoms with Crippen molar-refractivity contribution in [1.29, 1.82) is 0 Å². The van der Waals surface area contributed by atoms with Crippen LogP contribution >= 0.6 is 0 Å². The Labute approximate surface area is 160 Å². The number of rotatable bonds is 4. The van der Waals surface area contributed by atoms with E-state index in [0.717, 1.165) is 50.5 Å². The van der Waals surface area contributed by atoms with Crippen LogP contribution in [0.1, 0.15) is 24.8 Å². The molecule has 2 heterocycles. The van der Waals surface area contributed by atoms with E-state index in [1.54, 1.807) is 14.1 Å². The summed E-state index contributed by atoms with van der Waals surface area (Å²) in [6, 6.07) is 8.07. The van der Waals surface area contributed by atoms with E-state index >= 15 is 0 Å². The van der Waals surface area contributed by atoms with Crippen molar-refractivity contribution in [3.63, 3.8) is 0 Å². The Morgan fingerprint density at radius 2 is 1.93 bits per heavy atom. The van der Waals surface area contributed by atoms with Crippen molar-refractivity contribution in [3.05, 3.63) is 29.8 Å². The van der Waals surface area contributed by atoms with Gasteiger partial charge in [-0.25, -0.2) is 0 Å². The second-order valence-corrected chi connectivity index (χ2v) is 7.13. The summed E-state index contributed by atoms with van der Waals surface area (Å²) >= 11 is 0. The van der Waals surface area contributed by atoms with Crippen LogP contribution in [0.25, 0.3) is 0 Å². The zero-order chi connectivity index (χ0) is 19.2. The molecule has 3 rings (SSSR count). The third-order valence-corrected chi connectivity index (χ3v) is 5.46. The molecule has 0 atom stereocenters. The molecule has 0 aromatic heterocycles. The Morgan fingerprint density at radius 1 is 1.19 bits per heavy atom. The number of piperidine rings is 1. The van der Waals surface area contributed by atoms with Gasteiger partial charge in [0.1, 0.15) is 0 Å². The molecule has 0 saturated carbocycles. The van der Waals surface area contributed by atoms with Crippen molar-refractivity contribution < 1.29 is 9.59 Å². The molecule has 1 fully saturated rings. The van der Waals surface area contributed by atoms with E-state index in [0.29, 0.717) is 12.3 Å². The van der Waals surface area contributed by atoms with E-state index in [4.69, 9.17) is 0 Å². The molecule has 27 heavy (non-hydrogen) atoms. The number of nitrogens with one attached hydrogen (secondary N) is 2. The molecule has 1 aromatic carbocycles. The number of likely N-dealkylation sites (tertiary alicyclic amines) is 1. The first-order valence-corrected chi connectivity index (χ1v) is 9.66. The van der Waals surface area contributed by atoms with Gasteiger partial charge >= 0.3 is 0 Å². The lowest BCUT2D eigenvalue weighted by Gasteiger charge is -2.34. The summed E-state index contributed by atoms with van der Waals surface area (Å²) in [4.78, 5) is 32.6. The zero-order valence-electron chi connectivity index (χ0n) is 16.2. The third-order valence-electron chi connectivity index (χ3n) is 5.46. The van der Waals surface area contributed by atoms with Crippen LogP contribution in [0.2, 0.25) is 0 Å². The molecule has 0 bridgehead atoms. The van der Waals surface area contributed by atoms with Gasteiger partial charge in [0.2, 0.25) is 11.8 Å². The van der Waals surface area contributed by atoms with Gasteiger partial charge in [-0.1, -0.05) is 18.2 Å². The van der Waals surface area contributed by atoms with E-state index < -0.39 is 0 Å². The van der Waals surface area contributed by atoms with Crippen LogP contribution in [0, 0.1) is 5.92 Å². The van der Waals surface area contributed by atoms with E-state index in [-0.39, 0.29) is 18.4 Å². The minimum absolute atomic E-state index is 0.0654. The molecule has 146 valence electrons. The predicted molar refractivity (Wildman–Crippen MR) is 107 cm³/mol. The molecule has 7 heteroatoms. The summed E-state index contributed by atoms with van der Waals surface area (Å²) in [6.07, 6.45) is 3.42. The Kier molecular flexibility index (Phi) is 6.32. The molecule has 0 radical (unpaired) electrons. The molecular formula is C20H29N5O2. The van der Waals surface area contributed by atoms with Gasteiger partial charge in [-0.05, 0) is 36.8 Å². The fourth-order valence-corrected chi connectivity index (χ4v) is 3.89. The van der Waals surface area contributed by atoms with Gasteiger partial charge in [-0.3, -0.25) is 14.6 Å². The number of nitrogens with zero attached hydrogens (tertiary/aromatic N) is 3. The number of carbonyl (C=O) groups excluding carboxylic acids is 2. The lowest BCUT2D eigenvalue weighted by molar-refractivity contribution is -0.122. The normalized spacial score (nSPS) is 17.6. The monoisotopic (exact) mass is 371 g/mol. The van der Waals surface area contributed by atoms with Crippen LogP contribution in [-0.4, -0.2) is 62.9 Å². The number of carbonyl (C=O) groups is 2. The van der Waals surface area contributed by atoms with E-state index in [1.807, 2.05) is 23.1 Å². The summed E-state index contributed by atoms with van der Waals surface area (Å²) in [5.74, 6) is 1.35. The molecule has 2 N–H and O–H groups in total. The Hall–Kier alpha value is -2.57. The molecule has 2 aliphatic rings. The van der Waals surface area contributed by atoms with Crippen molar-refractivity contribution in [2.75, 3.05) is 45.2 Å². The lowest BCUT2D eigenvalue weighted by atomic mass is 9.93. The minimum Gasteiger partial charge on any atom is -0.359 e. The molecular weight excluding hydrogens is 342 g/mol. The number of amides is 2. The predicted octanol–water partition coefficient (Wildman–Crippen LogP) is 0.999. The number of benzene rings is 1. The van der Waals surface area contributed by atoms with Crippen LogP contribution in [0.5, 0.6) is 0 Å². The van der Waals surface area contributed by atoms with E-state index in [1.165, 1.54) is 5.56 Å². The topological polar surface area (TPSA) is 77.0 Å². The van der Waals surface area contributed by atoms with Gasteiger partial charge in [0, 0.05) is 45.8 Å². The standard InChI is InChI=1S/C20H29N5O2/c1-21-18(26)13-15-7-10-24(11-8-15)20(22-2)23-14-19(27)25-12-9-16-5-3-4-6-17(16)25/h3-6,15H,7-14H2,1-2H3,(H,21,26)(H,22,23). The van der Waals surface area contributed by atoms with Gasteiger partial charge in [-0.15, -0.1) is 0 Å². The molecule has 0 unspecified atom stereocenters. The van der Waals surface area contributed by atoms with Gasteiger partial charge in [0.05, 0.1) is 6.54 Å². The van der Waals surface area contributed by atoms with Crippen molar-refractivity contribution in [2.45, 2.75) is 25.7 Å². The quantitative estimate of drug-likeness (QED) is 0.612. The van der Waals surface area contributed by atoms with Crippen LogP contribution in [0.15, 0.2) is 29.3 Å². The third kappa shape index (κ3) is 4.59. The summed E-state index contributed by atoms with van der Waals surface area (Å²) < 4.78 is 0. The molecule has 0 aliphatic carbocycles. The smallest absolute Gasteiger partial charge is 0.246 e. The zero-order valence-corrected chi connectivity index (χ0v) is 16.2. The second kappa shape index (κ2) is 8.88. The van der Waals surface area contributed by atoms with Crippen LogP contribution in [-0.2, 0) is 16.0 Å². The summed E-state index contributed by atoms with van der Waals surface area (Å²) in [5.41, 5.74) is 2.25. The number of hydrogen-bond acceptors (Lipinski definition) is 3. The Balaban J connectivity index is 1.49. The van der Waals surface area contributed by atoms with E-state index in [9.17, 15) is 9.59 Å². The largest absolute Gasteiger partial charge is 0.359 e. The maximum atomic E-state index is 12.7. The summed E-state index contributed by atoms with van der Waals surface area (Å²) in [6.45, 7) is 2.67. The SMILES string of the molecule is CN=C(NCC(=O)N1CCc2ccccc21)N1CCC(CC(=O)NC)CC1. The molecule has 7 nitrogen and oxygen atoms in total. The van der Waals surface area contributed by atoms with Crippen molar-refractivity contribution >= 4 is 23.5 Å². The summed E-state index contributed by atoms with van der Waals surface area (Å²) in [5, 5.41) is 5.91. The average molecular weight is 371 g/mol. The molecule has 1 saturated heterocycles. The van der Waals surface area contributed by atoms with Gasteiger partial charge in [-0.2, -0.15) is 0 Å². The summed E-state index contributed by atoms with van der Waals surface area (Å²) in [7, 11) is 3.42. The molecule has 1 aromatic rings. The maximum Gasteiger partial charge on any atom is 0.246 e. The molecule has 0 spiro atoms. The first-order valence-electron chi connectivity index (χ1n) is 9.66. The highest BCUT2D eigenvalue weighted by Crippen LogP contribution is 2.27. The highest BCUT2D eigenvalue weighted by atomic mass is 16.2. The number of fused-ring (bicyclic) bond motifs is 1. The first-order chi connectivity index (χ1) is 13.1. The highest BCUT2D eigenvalue weighted by Gasteiger charge is 2.26. The number of hydrogen-bond donors (Lipinski definition) is 2. The van der Waals surface area contributed by atoms with Crippen molar-refractivity contribution in [1.82, 2.24) is 15.5 Å². The highest BCUT2D eigenvalue weighted by molar-refractivity contribution is 5.98. The van der Waals surface area contributed by atoms with Gasteiger partial charge in [0.15, 0.2) is 5.96 Å². The van der Waals surface area contributed by atoms with E-state index in [2.05, 4.69) is 26.6 Å². The first kappa shape index (κ1) is 19.2.